The first-order valence-electron chi connectivity index (χ1n) is 19.1. The van der Waals surface area contributed by atoms with Crippen molar-refractivity contribution in [2.24, 2.45) is 0 Å². The van der Waals surface area contributed by atoms with Crippen LogP contribution < -0.4 is 0 Å². The highest BCUT2D eigenvalue weighted by atomic mass is 16.3. The summed E-state index contributed by atoms with van der Waals surface area (Å²) >= 11 is 0. The summed E-state index contributed by atoms with van der Waals surface area (Å²) in [5.74, 6) is 0.756. The monoisotopic (exact) mass is 714 g/mol. The first kappa shape index (κ1) is 32.1. The molecule has 56 heavy (non-hydrogen) atoms. The molecular weight excluding hydrogens is 681 g/mol. The van der Waals surface area contributed by atoms with Crippen LogP contribution >= 0.6 is 0 Å². The lowest BCUT2D eigenvalue weighted by molar-refractivity contribution is 0.673. The summed E-state index contributed by atoms with van der Waals surface area (Å²) in [5, 5.41) is 7.00. The summed E-state index contributed by atoms with van der Waals surface area (Å²) in [4.78, 5) is 10.00. The number of benzene rings is 8. The van der Waals surface area contributed by atoms with Gasteiger partial charge < -0.3 is 4.42 Å². The molecule has 0 N–H and O–H groups in total. The van der Waals surface area contributed by atoms with Gasteiger partial charge in [-0.2, -0.15) is 0 Å². The van der Waals surface area contributed by atoms with Gasteiger partial charge >= 0.3 is 0 Å². The maximum Gasteiger partial charge on any atom is 0.160 e. The van der Waals surface area contributed by atoms with E-state index in [1.54, 1.807) is 0 Å². The lowest BCUT2D eigenvalue weighted by atomic mass is 9.92. The van der Waals surface area contributed by atoms with E-state index in [-0.39, 0.29) is 0 Å². The Morgan fingerprint density at radius 3 is 1.88 bits per heavy atom. The highest BCUT2D eigenvalue weighted by Gasteiger charge is 2.17. The van der Waals surface area contributed by atoms with Crippen LogP contribution in [0.2, 0.25) is 0 Å². The Bertz CT molecular complexity index is 3200. The fourth-order valence-corrected chi connectivity index (χ4v) is 8.29. The fraction of sp³-hybridized carbons (Fsp3) is 0.0189. The highest BCUT2D eigenvalue weighted by Crippen LogP contribution is 2.42. The van der Waals surface area contributed by atoms with E-state index in [1.807, 2.05) is 6.07 Å². The molecule has 0 fully saturated rings. The summed E-state index contributed by atoms with van der Waals surface area (Å²) < 4.78 is 6.63. The molecule has 11 rings (SSSR count). The quantitative estimate of drug-likeness (QED) is 0.172. The second kappa shape index (κ2) is 13.2. The molecule has 0 atom stereocenters. The third kappa shape index (κ3) is 5.52. The molecule has 0 radical (unpaired) electrons. The summed E-state index contributed by atoms with van der Waals surface area (Å²) in [6.07, 6.45) is 7.36. The van der Waals surface area contributed by atoms with Crippen LogP contribution in [0.15, 0.2) is 199 Å². The lowest BCUT2D eigenvalue weighted by Gasteiger charge is -2.12. The zero-order chi connectivity index (χ0) is 37.0. The van der Waals surface area contributed by atoms with Crippen LogP contribution in [0.3, 0.4) is 0 Å². The Balaban J connectivity index is 0.995. The van der Waals surface area contributed by atoms with Gasteiger partial charge in [-0.05, 0) is 86.3 Å². The molecule has 1 aliphatic rings. The number of allylic oxidation sites excluding steroid dienone is 4. The van der Waals surface area contributed by atoms with Crippen molar-refractivity contribution in [3.8, 4) is 55.9 Å². The Morgan fingerprint density at radius 1 is 0.411 bits per heavy atom. The predicted molar refractivity (Wildman–Crippen MR) is 233 cm³/mol. The van der Waals surface area contributed by atoms with E-state index < -0.39 is 0 Å². The summed E-state index contributed by atoms with van der Waals surface area (Å²) in [7, 11) is 0. The maximum atomic E-state index is 6.63. The number of nitrogens with zero attached hydrogens (tertiary/aromatic N) is 2. The van der Waals surface area contributed by atoms with Gasteiger partial charge in [0.15, 0.2) is 5.82 Å². The Labute approximate surface area is 324 Å². The molecule has 2 heterocycles. The van der Waals surface area contributed by atoms with Crippen molar-refractivity contribution < 1.29 is 4.42 Å². The van der Waals surface area contributed by atoms with Gasteiger partial charge in [0.05, 0.1) is 11.4 Å². The van der Waals surface area contributed by atoms with Crippen LogP contribution in [0.25, 0.3) is 105 Å². The highest BCUT2D eigenvalue weighted by molar-refractivity contribution is 6.20. The smallest absolute Gasteiger partial charge is 0.160 e. The number of fused-ring (bicyclic) bond motifs is 6. The van der Waals surface area contributed by atoms with E-state index in [4.69, 9.17) is 14.4 Å². The van der Waals surface area contributed by atoms with Crippen LogP contribution in [-0.2, 0) is 0 Å². The number of aromatic nitrogens is 2. The van der Waals surface area contributed by atoms with Gasteiger partial charge in [0, 0.05) is 32.9 Å². The zero-order valence-corrected chi connectivity index (χ0v) is 30.5. The standard InChI is InChI=1S/C53H34N2O/c1-2-13-36(14-3-1)49-33-50(55-53(54-49)38-15-4-5-16-38)37-26-24-34(25-27-37)39-18-10-19-40(30-39)46-32-48-47-31-41(43-23-11-17-35-12-6-7-20-42(35)43)28-29-51(47)56-52(48)45-22-9-8-21-44(45)46/h1-4,6-33H,5H2. The normalized spacial score (nSPS) is 12.6. The molecule has 262 valence electrons. The molecule has 3 heteroatoms. The van der Waals surface area contributed by atoms with Gasteiger partial charge in [0.25, 0.3) is 0 Å². The molecule has 1 aliphatic carbocycles. The minimum atomic E-state index is 0.756. The predicted octanol–water partition coefficient (Wildman–Crippen LogP) is 14.4. The van der Waals surface area contributed by atoms with E-state index in [0.717, 1.165) is 84.3 Å². The summed E-state index contributed by atoms with van der Waals surface area (Å²) in [6.45, 7) is 0. The second-order valence-electron chi connectivity index (χ2n) is 14.5. The van der Waals surface area contributed by atoms with E-state index in [9.17, 15) is 0 Å². The van der Waals surface area contributed by atoms with E-state index >= 15 is 0 Å². The van der Waals surface area contributed by atoms with Crippen LogP contribution in [0.5, 0.6) is 0 Å². The topological polar surface area (TPSA) is 38.9 Å². The largest absolute Gasteiger partial charge is 0.455 e. The number of hydrogen-bond acceptors (Lipinski definition) is 3. The van der Waals surface area contributed by atoms with Gasteiger partial charge in [-0.3, -0.25) is 0 Å². The zero-order valence-electron chi connectivity index (χ0n) is 30.5. The molecule has 0 bridgehead atoms. The molecule has 2 aromatic heterocycles. The van der Waals surface area contributed by atoms with Crippen molar-refractivity contribution in [2.45, 2.75) is 6.42 Å². The van der Waals surface area contributed by atoms with E-state index in [2.05, 4.69) is 188 Å². The maximum absolute atomic E-state index is 6.63. The second-order valence-corrected chi connectivity index (χ2v) is 14.5. The van der Waals surface area contributed by atoms with Crippen molar-refractivity contribution in [3.05, 3.63) is 200 Å². The average molecular weight is 715 g/mol. The Morgan fingerprint density at radius 2 is 1.05 bits per heavy atom. The Kier molecular flexibility index (Phi) is 7.56. The number of furan rings is 1. The van der Waals surface area contributed by atoms with Gasteiger partial charge in [0.2, 0.25) is 0 Å². The molecule has 0 saturated carbocycles. The van der Waals surface area contributed by atoms with Crippen molar-refractivity contribution in [1.29, 1.82) is 0 Å². The number of hydrogen-bond donors (Lipinski definition) is 0. The molecule has 0 saturated heterocycles. The molecule has 3 nitrogen and oxygen atoms in total. The summed E-state index contributed by atoms with van der Waals surface area (Å²) in [5.41, 5.74) is 13.9. The minimum Gasteiger partial charge on any atom is -0.455 e. The first-order valence-corrected chi connectivity index (χ1v) is 19.1. The van der Waals surface area contributed by atoms with E-state index in [1.165, 1.54) is 32.8 Å². The van der Waals surface area contributed by atoms with Crippen molar-refractivity contribution in [3.63, 3.8) is 0 Å². The van der Waals surface area contributed by atoms with Crippen molar-refractivity contribution in [1.82, 2.24) is 9.97 Å². The van der Waals surface area contributed by atoms with E-state index in [0.29, 0.717) is 0 Å². The molecule has 10 aromatic rings. The van der Waals surface area contributed by atoms with Gasteiger partial charge in [-0.15, -0.1) is 0 Å². The molecular formula is C53H34N2O. The van der Waals surface area contributed by atoms with Crippen molar-refractivity contribution in [2.75, 3.05) is 0 Å². The van der Waals surface area contributed by atoms with Gasteiger partial charge in [-0.1, -0.05) is 164 Å². The molecule has 0 spiro atoms. The summed E-state index contributed by atoms with van der Waals surface area (Å²) in [6, 6.07) is 62.7. The third-order valence-corrected chi connectivity index (χ3v) is 11.1. The lowest BCUT2D eigenvalue weighted by Crippen LogP contribution is -1.98. The SMILES string of the molecule is C1=CC(c2nc(-c3ccccc3)cc(-c3ccc(-c4cccc(-c5cc6c7cc(-c8cccc9ccccc89)ccc7oc6c6ccccc56)c4)cc3)n2)=CC1. The van der Waals surface area contributed by atoms with Crippen LogP contribution in [0, 0.1) is 0 Å². The van der Waals surface area contributed by atoms with Crippen molar-refractivity contribution >= 4 is 49.1 Å². The molecule has 0 unspecified atom stereocenters. The van der Waals surface area contributed by atoms with Crippen LogP contribution in [0.1, 0.15) is 12.2 Å². The minimum absolute atomic E-state index is 0.756. The average Bonchev–Trinajstić information content (AvgIpc) is 3.95. The van der Waals surface area contributed by atoms with Crippen LogP contribution in [0.4, 0.5) is 0 Å². The molecule has 8 aromatic carbocycles. The molecule has 0 aliphatic heterocycles. The van der Waals surface area contributed by atoms with Gasteiger partial charge in [-0.25, -0.2) is 9.97 Å². The van der Waals surface area contributed by atoms with Crippen LogP contribution in [-0.4, -0.2) is 9.97 Å². The fourth-order valence-electron chi connectivity index (χ4n) is 8.29. The van der Waals surface area contributed by atoms with Gasteiger partial charge in [0.1, 0.15) is 11.2 Å². The number of rotatable bonds is 6. The first-order chi connectivity index (χ1) is 27.7. The Hall–Kier alpha value is -7.36. The molecule has 0 amide bonds. The third-order valence-electron chi connectivity index (χ3n) is 11.1.